The number of rotatable bonds is 2. The Balaban J connectivity index is 2.21. The molecule has 0 aliphatic carbocycles. The molecule has 4 heteroatoms. The number of ketones is 1. The molecule has 0 spiro atoms. The fourth-order valence-electron chi connectivity index (χ4n) is 1.96. The number of hydrogen-bond donors (Lipinski definition) is 0. The van der Waals surface area contributed by atoms with Crippen LogP contribution < -0.4 is 0 Å². The van der Waals surface area contributed by atoms with E-state index in [1.54, 1.807) is 17.9 Å². The molecule has 0 aliphatic heterocycles. The van der Waals surface area contributed by atoms with Gasteiger partial charge in [-0.3, -0.25) is 9.78 Å². The fourth-order valence-corrected chi connectivity index (χ4v) is 2.72. The van der Waals surface area contributed by atoms with Crippen LogP contribution in [0.2, 0.25) is 0 Å². The minimum atomic E-state index is 0.0341. The second-order valence-electron chi connectivity index (χ2n) is 4.00. The van der Waals surface area contributed by atoms with Gasteiger partial charge in [-0.2, -0.15) is 0 Å². The fraction of sp³-hybridized carbons (Fsp3) is 0.0714. The van der Waals surface area contributed by atoms with E-state index in [4.69, 9.17) is 0 Å². The summed E-state index contributed by atoms with van der Waals surface area (Å²) in [5.41, 5.74) is 3.20. The van der Waals surface area contributed by atoms with Crippen molar-refractivity contribution in [2.45, 2.75) is 6.92 Å². The smallest absolute Gasteiger partial charge is 0.205 e. The van der Waals surface area contributed by atoms with Crippen LogP contribution in [-0.2, 0) is 0 Å². The normalized spacial score (nSPS) is 10.7. The van der Waals surface area contributed by atoms with E-state index >= 15 is 0 Å². The van der Waals surface area contributed by atoms with Gasteiger partial charge < -0.3 is 0 Å². The highest BCUT2D eigenvalue weighted by molar-refractivity contribution is 7.12. The van der Waals surface area contributed by atoms with Gasteiger partial charge in [-0.15, -0.1) is 11.3 Å². The molecule has 0 atom stereocenters. The first-order valence-electron chi connectivity index (χ1n) is 5.55. The first-order valence-corrected chi connectivity index (χ1v) is 6.43. The number of aromatic nitrogens is 2. The Morgan fingerprint density at radius 2 is 2.17 bits per heavy atom. The molecule has 0 amide bonds. The molecular formula is C14H10N2OS. The minimum Gasteiger partial charge on any atom is -0.288 e. The molecule has 2 heterocycles. The van der Waals surface area contributed by atoms with Gasteiger partial charge >= 0.3 is 0 Å². The maximum Gasteiger partial charge on any atom is 0.205 e. The highest BCUT2D eigenvalue weighted by Gasteiger charge is 2.16. The maximum absolute atomic E-state index is 12.5. The maximum atomic E-state index is 12.5. The number of pyridine rings is 1. The van der Waals surface area contributed by atoms with Gasteiger partial charge in [0.05, 0.1) is 16.1 Å². The van der Waals surface area contributed by atoms with Crippen molar-refractivity contribution in [1.82, 2.24) is 9.97 Å². The van der Waals surface area contributed by atoms with Crippen LogP contribution in [0.25, 0.3) is 10.8 Å². The third-order valence-electron chi connectivity index (χ3n) is 2.88. The number of aryl methyl sites for hydroxylation is 1. The Bertz CT molecular complexity index is 728. The molecule has 0 aliphatic rings. The second kappa shape index (κ2) is 4.31. The van der Waals surface area contributed by atoms with Gasteiger partial charge in [-0.1, -0.05) is 18.2 Å². The summed E-state index contributed by atoms with van der Waals surface area (Å²) < 4.78 is 0. The van der Waals surface area contributed by atoms with E-state index in [2.05, 4.69) is 9.97 Å². The summed E-state index contributed by atoms with van der Waals surface area (Å²) in [5, 5.41) is 1.91. The zero-order chi connectivity index (χ0) is 12.5. The van der Waals surface area contributed by atoms with Crippen molar-refractivity contribution in [1.29, 1.82) is 0 Å². The van der Waals surface area contributed by atoms with Crippen molar-refractivity contribution in [2.75, 3.05) is 0 Å². The van der Waals surface area contributed by atoms with Crippen molar-refractivity contribution in [3.8, 4) is 0 Å². The number of carbonyl (C=O) groups excluding carboxylic acids is 1. The van der Waals surface area contributed by atoms with Crippen molar-refractivity contribution < 1.29 is 4.79 Å². The largest absolute Gasteiger partial charge is 0.288 e. The molecule has 0 saturated heterocycles. The summed E-state index contributed by atoms with van der Waals surface area (Å²) >= 11 is 1.38. The van der Waals surface area contributed by atoms with Gasteiger partial charge in [0.1, 0.15) is 0 Å². The quantitative estimate of drug-likeness (QED) is 0.659. The van der Waals surface area contributed by atoms with E-state index < -0.39 is 0 Å². The molecule has 0 saturated carbocycles. The second-order valence-corrected chi connectivity index (χ2v) is 4.85. The Morgan fingerprint density at radius 1 is 1.28 bits per heavy atom. The first kappa shape index (κ1) is 11.0. The monoisotopic (exact) mass is 254 g/mol. The van der Waals surface area contributed by atoms with Crippen LogP contribution in [0.1, 0.15) is 20.9 Å². The summed E-state index contributed by atoms with van der Waals surface area (Å²) in [7, 11) is 0. The van der Waals surface area contributed by atoms with Crippen molar-refractivity contribution >= 4 is 27.9 Å². The summed E-state index contributed by atoms with van der Waals surface area (Å²) in [6.07, 6.45) is 3.48. The Hall–Kier alpha value is -2.07. The van der Waals surface area contributed by atoms with Gasteiger partial charge in [0.25, 0.3) is 0 Å². The van der Waals surface area contributed by atoms with Gasteiger partial charge in [0.2, 0.25) is 5.78 Å². The van der Waals surface area contributed by atoms with Crippen molar-refractivity contribution in [3.63, 3.8) is 0 Å². The molecule has 2 aromatic heterocycles. The third-order valence-corrected chi connectivity index (χ3v) is 3.80. The number of hydrogen-bond acceptors (Lipinski definition) is 4. The molecule has 3 rings (SSSR count). The Morgan fingerprint density at radius 3 is 2.94 bits per heavy atom. The lowest BCUT2D eigenvalue weighted by atomic mass is 10.0. The number of carbonyl (C=O) groups is 1. The van der Waals surface area contributed by atoms with Gasteiger partial charge in [-0.05, 0) is 18.4 Å². The van der Waals surface area contributed by atoms with E-state index in [9.17, 15) is 4.79 Å². The molecule has 3 aromatic rings. The highest BCUT2D eigenvalue weighted by Crippen LogP contribution is 2.23. The summed E-state index contributed by atoms with van der Waals surface area (Å²) in [6.45, 7) is 1.86. The molecule has 18 heavy (non-hydrogen) atoms. The lowest BCUT2D eigenvalue weighted by Gasteiger charge is -2.04. The molecule has 0 bridgehead atoms. The lowest BCUT2D eigenvalue weighted by Crippen LogP contribution is -2.01. The van der Waals surface area contributed by atoms with E-state index in [1.807, 2.05) is 31.2 Å². The average Bonchev–Trinajstić information content (AvgIpc) is 2.83. The standard InChI is InChI=1S/C14H10N2OS/c1-9-14(18-8-16-9)13(17)12-4-2-3-10-7-15-6-5-11(10)12/h2-8H,1H3. The summed E-state index contributed by atoms with van der Waals surface area (Å²) in [6, 6.07) is 7.56. The molecule has 0 N–H and O–H groups in total. The molecule has 0 radical (unpaired) electrons. The van der Waals surface area contributed by atoms with Crippen molar-refractivity contribution in [3.05, 3.63) is 58.3 Å². The topological polar surface area (TPSA) is 42.9 Å². The number of fused-ring (bicyclic) bond motifs is 1. The van der Waals surface area contributed by atoms with Crippen LogP contribution in [0.3, 0.4) is 0 Å². The predicted octanol–water partition coefficient (Wildman–Crippen LogP) is 3.23. The minimum absolute atomic E-state index is 0.0341. The summed E-state index contributed by atoms with van der Waals surface area (Å²) in [4.78, 5) is 21.4. The number of nitrogens with zero attached hydrogens (tertiary/aromatic N) is 2. The molecule has 0 unspecified atom stereocenters. The lowest BCUT2D eigenvalue weighted by molar-refractivity contribution is 0.104. The van der Waals surface area contributed by atoms with Crippen LogP contribution in [-0.4, -0.2) is 15.8 Å². The van der Waals surface area contributed by atoms with Crippen LogP contribution in [0.5, 0.6) is 0 Å². The first-order chi connectivity index (χ1) is 8.77. The van der Waals surface area contributed by atoms with Crippen LogP contribution >= 0.6 is 11.3 Å². The van der Waals surface area contributed by atoms with Crippen molar-refractivity contribution in [2.24, 2.45) is 0 Å². The van der Waals surface area contributed by atoms with E-state index in [-0.39, 0.29) is 5.78 Å². The van der Waals surface area contributed by atoms with Gasteiger partial charge in [-0.25, -0.2) is 4.98 Å². The zero-order valence-electron chi connectivity index (χ0n) is 9.75. The highest BCUT2D eigenvalue weighted by atomic mass is 32.1. The van der Waals surface area contributed by atoms with Crippen LogP contribution in [0, 0.1) is 6.92 Å². The Kier molecular flexibility index (Phi) is 2.64. The van der Waals surface area contributed by atoms with Crippen LogP contribution in [0.4, 0.5) is 0 Å². The molecule has 3 nitrogen and oxygen atoms in total. The molecule has 88 valence electrons. The van der Waals surface area contributed by atoms with Crippen LogP contribution in [0.15, 0.2) is 42.2 Å². The van der Waals surface area contributed by atoms with Gasteiger partial charge in [0, 0.05) is 23.3 Å². The number of thiazole rings is 1. The Labute approximate surface area is 108 Å². The summed E-state index contributed by atoms with van der Waals surface area (Å²) in [5.74, 6) is 0.0341. The molecule has 0 fully saturated rings. The SMILES string of the molecule is Cc1ncsc1C(=O)c1cccc2cnccc12. The molecule has 1 aromatic carbocycles. The zero-order valence-corrected chi connectivity index (χ0v) is 10.6. The van der Waals surface area contributed by atoms with E-state index in [1.165, 1.54) is 11.3 Å². The molecular weight excluding hydrogens is 244 g/mol. The van der Waals surface area contributed by atoms with Gasteiger partial charge in [0.15, 0.2) is 0 Å². The van der Waals surface area contributed by atoms with E-state index in [0.29, 0.717) is 10.4 Å². The number of benzene rings is 1. The predicted molar refractivity (Wildman–Crippen MR) is 72.0 cm³/mol. The van der Waals surface area contributed by atoms with E-state index in [0.717, 1.165) is 16.5 Å². The average molecular weight is 254 g/mol. The third kappa shape index (κ3) is 1.71.